The van der Waals surface area contributed by atoms with Gasteiger partial charge in [-0.15, -0.1) is 5.10 Å². The molecule has 2 heterocycles. The van der Waals surface area contributed by atoms with Crippen LogP contribution in [0.4, 0.5) is 5.82 Å². The zero-order chi connectivity index (χ0) is 23.5. The molecule has 1 N–H and O–H groups in total. The van der Waals surface area contributed by atoms with E-state index in [2.05, 4.69) is 50.5 Å². The van der Waals surface area contributed by atoms with Crippen molar-refractivity contribution < 1.29 is 4.74 Å². The van der Waals surface area contributed by atoms with Gasteiger partial charge in [0.1, 0.15) is 23.1 Å². The van der Waals surface area contributed by atoms with Crippen molar-refractivity contribution in [2.45, 2.75) is 26.4 Å². The number of nitrogens with one attached hydrogen (secondary N) is 1. The normalized spacial score (nSPS) is 12.2. The molecule has 0 aliphatic heterocycles. The molecule has 0 spiro atoms. The second-order valence-electron chi connectivity index (χ2n) is 8.25. The van der Waals surface area contributed by atoms with Crippen LogP contribution in [0.15, 0.2) is 53.0 Å². The smallest absolute Gasteiger partial charge is 0.179 e. The predicted molar refractivity (Wildman–Crippen MR) is 137 cm³/mol. The molecule has 0 radical (unpaired) electrons. The molecular weight excluding hydrogens is 480 g/mol. The fraction of sp³-hybridized carbons (Fsp3) is 0.320. The number of nitrogens with zero attached hydrogens (tertiary/aromatic N) is 5. The lowest BCUT2D eigenvalue weighted by molar-refractivity contribution is 0.194. The van der Waals surface area contributed by atoms with E-state index in [-0.39, 0.29) is 6.10 Å². The highest BCUT2D eigenvalue weighted by atomic mass is 79.9. The fourth-order valence-electron chi connectivity index (χ4n) is 3.99. The fourth-order valence-corrected chi connectivity index (χ4v) is 4.34. The number of hydrogen-bond acceptors (Lipinski definition) is 6. The summed E-state index contributed by atoms with van der Waals surface area (Å²) in [6.45, 7) is 4.87. The van der Waals surface area contributed by atoms with Crippen LogP contribution in [0.3, 0.4) is 0 Å². The minimum Gasteiger partial charge on any atom is -0.483 e. The van der Waals surface area contributed by atoms with Gasteiger partial charge in [-0.25, -0.2) is 4.68 Å². The van der Waals surface area contributed by atoms with E-state index in [4.69, 9.17) is 9.84 Å². The van der Waals surface area contributed by atoms with Crippen LogP contribution in [0.25, 0.3) is 16.6 Å². The lowest BCUT2D eigenvalue weighted by Gasteiger charge is -2.22. The van der Waals surface area contributed by atoms with Crippen molar-refractivity contribution in [1.82, 2.24) is 25.3 Å². The maximum atomic E-state index is 6.64. The topological polar surface area (TPSA) is 68.1 Å². The quantitative estimate of drug-likeness (QED) is 0.361. The first-order valence-electron chi connectivity index (χ1n) is 11.0. The maximum Gasteiger partial charge on any atom is 0.179 e. The molecule has 2 aromatic heterocycles. The van der Waals surface area contributed by atoms with E-state index in [0.29, 0.717) is 0 Å². The molecule has 4 rings (SSSR count). The number of aromatic nitrogens is 4. The van der Waals surface area contributed by atoms with Crippen molar-refractivity contribution in [2.75, 3.05) is 32.6 Å². The minimum atomic E-state index is -0.0914. The summed E-state index contributed by atoms with van der Waals surface area (Å²) in [6, 6.07) is 16.4. The minimum absolute atomic E-state index is 0.0914. The molecule has 0 fully saturated rings. The Morgan fingerprint density at radius 1 is 1.09 bits per heavy atom. The number of benzene rings is 2. The number of halogens is 1. The van der Waals surface area contributed by atoms with Crippen LogP contribution in [-0.2, 0) is 0 Å². The monoisotopic (exact) mass is 508 g/mol. The van der Waals surface area contributed by atoms with Crippen LogP contribution >= 0.6 is 15.9 Å². The molecule has 8 heteroatoms. The number of ether oxygens (including phenoxy) is 1. The van der Waals surface area contributed by atoms with Gasteiger partial charge in [-0.2, -0.15) is 10.2 Å². The highest BCUT2D eigenvalue weighted by Gasteiger charge is 2.22. The first kappa shape index (κ1) is 23.2. The highest BCUT2D eigenvalue weighted by molar-refractivity contribution is 9.10. The van der Waals surface area contributed by atoms with Gasteiger partial charge in [-0.3, -0.25) is 0 Å². The molecule has 4 aromatic rings. The van der Waals surface area contributed by atoms with Gasteiger partial charge in [0, 0.05) is 25.0 Å². The van der Waals surface area contributed by atoms with Crippen molar-refractivity contribution in [3.63, 3.8) is 0 Å². The van der Waals surface area contributed by atoms with Gasteiger partial charge >= 0.3 is 0 Å². The van der Waals surface area contributed by atoms with Crippen molar-refractivity contribution in [1.29, 1.82) is 0 Å². The summed E-state index contributed by atoms with van der Waals surface area (Å²) in [4.78, 5) is 1.94. The molecule has 1 unspecified atom stereocenters. The first-order valence-corrected chi connectivity index (χ1v) is 11.8. The van der Waals surface area contributed by atoms with Gasteiger partial charge in [0.2, 0.25) is 0 Å². The predicted octanol–water partition coefficient (Wildman–Crippen LogP) is 4.99. The summed E-state index contributed by atoms with van der Waals surface area (Å²) in [5.74, 6) is 1.51. The molecular formula is C25H29BrN6O. The third kappa shape index (κ3) is 4.72. The molecule has 0 saturated heterocycles. The summed E-state index contributed by atoms with van der Waals surface area (Å²) in [7, 11) is 5.86. The van der Waals surface area contributed by atoms with Crippen LogP contribution in [0.5, 0.6) is 5.75 Å². The number of aryl methyl sites for hydroxylation is 2. The molecule has 2 aromatic carbocycles. The summed E-state index contributed by atoms with van der Waals surface area (Å²) < 4.78 is 9.53. The van der Waals surface area contributed by atoms with Gasteiger partial charge in [-0.05, 0) is 51.2 Å². The standard InChI is InChI=1S/C25H29BrN6O/c1-16-23-17(2)32(30-24(23)25(29-28-16)31(4)5)20-15-19(26)11-12-22(20)33-21(13-14-27-3)18-9-7-6-8-10-18/h6-12,15,21,27H,13-14H2,1-5H3. The molecule has 0 aliphatic carbocycles. The van der Waals surface area contributed by atoms with E-state index < -0.39 is 0 Å². The molecule has 0 amide bonds. The Bertz CT molecular complexity index is 1250. The van der Waals surface area contributed by atoms with Crippen LogP contribution in [-0.4, -0.2) is 47.7 Å². The van der Waals surface area contributed by atoms with E-state index in [1.165, 1.54) is 0 Å². The number of fused-ring (bicyclic) bond motifs is 1. The Hall–Kier alpha value is -2.97. The van der Waals surface area contributed by atoms with E-state index >= 15 is 0 Å². The molecule has 172 valence electrons. The van der Waals surface area contributed by atoms with Crippen molar-refractivity contribution in [3.8, 4) is 11.4 Å². The zero-order valence-corrected chi connectivity index (χ0v) is 21.2. The van der Waals surface area contributed by atoms with E-state index in [1.807, 2.05) is 74.0 Å². The molecule has 0 bridgehead atoms. The van der Waals surface area contributed by atoms with Crippen LogP contribution < -0.4 is 15.0 Å². The van der Waals surface area contributed by atoms with Crippen molar-refractivity contribution >= 4 is 32.7 Å². The lowest BCUT2D eigenvalue weighted by Crippen LogP contribution is -2.17. The second kappa shape index (κ2) is 9.89. The SMILES string of the molecule is CNCCC(Oc1ccc(Br)cc1-n1nc2c(N(C)C)nnc(C)c2c1C)c1ccccc1. The van der Waals surface area contributed by atoms with E-state index in [1.54, 1.807) is 0 Å². The number of rotatable bonds is 8. The highest BCUT2D eigenvalue weighted by Crippen LogP contribution is 2.35. The zero-order valence-electron chi connectivity index (χ0n) is 19.6. The Morgan fingerprint density at radius 3 is 2.55 bits per heavy atom. The van der Waals surface area contributed by atoms with E-state index in [0.717, 1.165) is 62.5 Å². The summed E-state index contributed by atoms with van der Waals surface area (Å²) in [6.07, 6.45) is 0.750. The number of anilines is 1. The molecule has 0 aliphatic rings. The van der Waals surface area contributed by atoms with Gasteiger partial charge in [0.25, 0.3) is 0 Å². The van der Waals surface area contributed by atoms with Gasteiger partial charge in [0.15, 0.2) is 5.82 Å². The summed E-state index contributed by atoms with van der Waals surface area (Å²) in [5, 5.41) is 17.9. The Labute approximate surface area is 202 Å². The summed E-state index contributed by atoms with van der Waals surface area (Å²) >= 11 is 3.63. The van der Waals surface area contributed by atoms with Gasteiger partial charge in [0.05, 0.1) is 16.8 Å². The Kier molecular flexibility index (Phi) is 6.95. The third-order valence-corrected chi connectivity index (χ3v) is 6.15. The largest absolute Gasteiger partial charge is 0.483 e. The third-order valence-electron chi connectivity index (χ3n) is 5.65. The van der Waals surface area contributed by atoms with Crippen molar-refractivity contribution in [3.05, 3.63) is 70.0 Å². The number of hydrogen-bond donors (Lipinski definition) is 1. The summed E-state index contributed by atoms with van der Waals surface area (Å²) in [5.41, 5.74) is 4.68. The second-order valence-corrected chi connectivity index (χ2v) is 9.16. The average molecular weight is 509 g/mol. The van der Waals surface area contributed by atoms with Crippen LogP contribution in [0.2, 0.25) is 0 Å². The van der Waals surface area contributed by atoms with Gasteiger partial charge in [-0.1, -0.05) is 46.3 Å². The Balaban J connectivity index is 1.84. The average Bonchev–Trinajstić information content (AvgIpc) is 3.15. The van der Waals surface area contributed by atoms with Crippen molar-refractivity contribution in [2.24, 2.45) is 0 Å². The van der Waals surface area contributed by atoms with Crippen LogP contribution in [0.1, 0.15) is 29.5 Å². The Morgan fingerprint density at radius 2 is 1.85 bits per heavy atom. The van der Waals surface area contributed by atoms with Crippen LogP contribution in [0, 0.1) is 13.8 Å². The molecule has 7 nitrogen and oxygen atoms in total. The first-order chi connectivity index (χ1) is 15.9. The molecule has 0 saturated carbocycles. The molecule has 1 atom stereocenters. The molecule has 33 heavy (non-hydrogen) atoms. The lowest BCUT2D eigenvalue weighted by atomic mass is 10.1. The maximum absolute atomic E-state index is 6.64. The van der Waals surface area contributed by atoms with Gasteiger partial charge < -0.3 is 15.0 Å². The van der Waals surface area contributed by atoms with E-state index in [9.17, 15) is 0 Å².